The van der Waals surface area contributed by atoms with Gasteiger partial charge in [-0.15, -0.1) is 23.5 Å². The minimum absolute atomic E-state index is 0.00685. The van der Waals surface area contributed by atoms with Gasteiger partial charge in [-0.2, -0.15) is 5.10 Å². The molecule has 1 fully saturated rings. The number of hydrogen-bond donors (Lipinski definition) is 2. The van der Waals surface area contributed by atoms with Crippen molar-refractivity contribution in [2.45, 2.75) is 30.9 Å². The number of carbonyl (C=O) groups is 1. The molecule has 146 valence electrons. The van der Waals surface area contributed by atoms with Crippen LogP contribution in [0.1, 0.15) is 29.3 Å². The van der Waals surface area contributed by atoms with Crippen molar-refractivity contribution in [1.29, 1.82) is 0 Å². The number of benzene rings is 1. The van der Waals surface area contributed by atoms with Gasteiger partial charge in [-0.3, -0.25) is 9.89 Å². The maximum Gasteiger partial charge on any atom is 0.257 e. The molecule has 0 spiro atoms. The molecule has 0 radical (unpaired) electrons. The molecule has 2 N–H and O–H groups in total. The molecule has 6 nitrogen and oxygen atoms in total. The summed E-state index contributed by atoms with van der Waals surface area (Å²) in [5, 5.41) is 9.81. The molecular formula is C18H24N4O2S3. The van der Waals surface area contributed by atoms with Gasteiger partial charge in [-0.1, -0.05) is 12.1 Å². The molecule has 1 aliphatic heterocycles. The summed E-state index contributed by atoms with van der Waals surface area (Å²) in [7, 11) is 0. The predicted octanol–water partition coefficient (Wildman–Crippen LogP) is 3.57. The SMILES string of the molecule is CCn1c(CCNC(=O)COc2ccc(C3SCCCS3)cc2)n[nH]c1=S. The Hall–Kier alpha value is -1.45. The van der Waals surface area contributed by atoms with Crippen LogP contribution in [-0.2, 0) is 17.8 Å². The van der Waals surface area contributed by atoms with Crippen LogP contribution < -0.4 is 10.1 Å². The molecule has 1 saturated heterocycles. The fourth-order valence-corrected chi connectivity index (χ4v) is 5.96. The number of aromatic amines is 1. The van der Waals surface area contributed by atoms with Crippen molar-refractivity contribution in [3.05, 3.63) is 40.4 Å². The second-order valence-corrected chi connectivity index (χ2v) is 9.19. The summed E-state index contributed by atoms with van der Waals surface area (Å²) >= 11 is 9.14. The molecule has 2 aromatic rings. The summed E-state index contributed by atoms with van der Waals surface area (Å²) in [5.41, 5.74) is 1.31. The molecule has 0 saturated carbocycles. The third kappa shape index (κ3) is 5.76. The van der Waals surface area contributed by atoms with Crippen LogP contribution in [0.5, 0.6) is 5.75 Å². The van der Waals surface area contributed by atoms with Gasteiger partial charge in [0.25, 0.3) is 5.91 Å². The molecular weight excluding hydrogens is 400 g/mol. The first-order chi connectivity index (χ1) is 13.2. The summed E-state index contributed by atoms with van der Waals surface area (Å²) in [6.07, 6.45) is 1.91. The van der Waals surface area contributed by atoms with Gasteiger partial charge in [0, 0.05) is 19.5 Å². The Kier molecular flexibility index (Phi) is 7.66. The van der Waals surface area contributed by atoms with E-state index in [1.807, 2.05) is 47.1 Å². The number of nitrogens with one attached hydrogen (secondary N) is 2. The lowest BCUT2D eigenvalue weighted by Gasteiger charge is -2.21. The van der Waals surface area contributed by atoms with Crippen molar-refractivity contribution in [3.63, 3.8) is 0 Å². The van der Waals surface area contributed by atoms with E-state index >= 15 is 0 Å². The van der Waals surface area contributed by atoms with Crippen LogP contribution in [0, 0.1) is 4.77 Å². The van der Waals surface area contributed by atoms with Crippen LogP contribution in [0.25, 0.3) is 0 Å². The number of rotatable bonds is 8. The highest BCUT2D eigenvalue weighted by Crippen LogP contribution is 2.43. The molecule has 1 aromatic heterocycles. The normalized spacial score (nSPS) is 14.9. The minimum atomic E-state index is -0.144. The summed E-state index contributed by atoms with van der Waals surface area (Å²) in [5.74, 6) is 3.86. The first-order valence-corrected chi connectivity index (χ1v) is 11.5. The lowest BCUT2D eigenvalue weighted by molar-refractivity contribution is -0.123. The zero-order valence-electron chi connectivity index (χ0n) is 15.3. The number of ether oxygens (including phenoxy) is 1. The second kappa shape index (κ2) is 10.2. The number of hydrogen-bond acceptors (Lipinski definition) is 6. The highest BCUT2D eigenvalue weighted by molar-refractivity contribution is 8.16. The summed E-state index contributed by atoms with van der Waals surface area (Å²) in [6, 6.07) is 8.07. The highest BCUT2D eigenvalue weighted by Gasteiger charge is 2.16. The lowest BCUT2D eigenvalue weighted by Crippen LogP contribution is -2.31. The topological polar surface area (TPSA) is 71.9 Å². The van der Waals surface area contributed by atoms with Gasteiger partial charge in [0.05, 0.1) is 4.58 Å². The van der Waals surface area contributed by atoms with Crippen LogP contribution in [0.3, 0.4) is 0 Å². The Morgan fingerprint density at radius 1 is 1.37 bits per heavy atom. The fraction of sp³-hybridized carbons (Fsp3) is 0.500. The molecule has 0 atom stereocenters. The third-order valence-corrected chi connectivity index (χ3v) is 7.50. The summed E-state index contributed by atoms with van der Waals surface area (Å²) < 4.78 is 8.63. The maximum atomic E-state index is 12.0. The molecule has 2 heterocycles. The Morgan fingerprint density at radius 3 is 2.81 bits per heavy atom. The minimum Gasteiger partial charge on any atom is -0.484 e. The molecule has 3 rings (SSSR count). The number of H-pyrrole nitrogens is 1. The van der Waals surface area contributed by atoms with E-state index in [-0.39, 0.29) is 12.5 Å². The summed E-state index contributed by atoms with van der Waals surface area (Å²) in [6.45, 7) is 3.28. The van der Waals surface area contributed by atoms with E-state index in [4.69, 9.17) is 17.0 Å². The molecule has 1 aromatic carbocycles. The lowest BCUT2D eigenvalue weighted by atomic mass is 10.2. The van der Waals surface area contributed by atoms with E-state index in [2.05, 4.69) is 27.6 Å². The van der Waals surface area contributed by atoms with Gasteiger partial charge >= 0.3 is 0 Å². The van der Waals surface area contributed by atoms with Crippen LogP contribution in [0.4, 0.5) is 0 Å². The number of nitrogens with zero attached hydrogens (tertiary/aromatic N) is 2. The van der Waals surface area contributed by atoms with E-state index in [1.165, 1.54) is 23.5 Å². The van der Waals surface area contributed by atoms with E-state index in [1.54, 1.807) is 0 Å². The molecule has 27 heavy (non-hydrogen) atoms. The Morgan fingerprint density at radius 2 is 2.11 bits per heavy atom. The zero-order chi connectivity index (χ0) is 19.1. The van der Waals surface area contributed by atoms with Crippen molar-refractivity contribution >= 4 is 41.6 Å². The van der Waals surface area contributed by atoms with Gasteiger partial charge in [-0.05, 0) is 54.8 Å². The fourth-order valence-electron chi connectivity index (χ4n) is 2.78. The van der Waals surface area contributed by atoms with Crippen LogP contribution in [0.15, 0.2) is 24.3 Å². The van der Waals surface area contributed by atoms with Crippen molar-refractivity contribution in [2.24, 2.45) is 0 Å². The molecule has 1 aliphatic rings. The van der Waals surface area contributed by atoms with Gasteiger partial charge in [0.1, 0.15) is 11.6 Å². The van der Waals surface area contributed by atoms with Crippen molar-refractivity contribution in [2.75, 3.05) is 24.7 Å². The van der Waals surface area contributed by atoms with Gasteiger partial charge < -0.3 is 14.6 Å². The maximum absolute atomic E-state index is 12.0. The van der Waals surface area contributed by atoms with Crippen LogP contribution in [-0.4, -0.2) is 45.3 Å². The average molecular weight is 425 g/mol. The third-order valence-electron chi connectivity index (χ3n) is 4.17. The molecule has 1 amide bonds. The second-order valence-electron chi connectivity index (χ2n) is 6.07. The van der Waals surface area contributed by atoms with Gasteiger partial charge in [-0.25, -0.2) is 0 Å². The first kappa shape index (κ1) is 20.3. The molecule has 0 unspecified atom stereocenters. The van der Waals surface area contributed by atoms with E-state index in [9.17, 15) is 4.79 Å². The van der Waals surface area contributed by atoms with Crippen molar-refractivity contribution < 1.29 is 9.53 Å². The van der Waals surface area contributed by atoms with Gasteiger partial charge in [0.2, 0.25) is 0 Å². The number of amides is 1. The Bertz CT molecular complexity index is 798. The Balaban J connectivity index is 1.40. The summed E-state index contributed by atoms with van der Waals surface area (Å²) in [4.78, 5) is 12.0. The Labute approximate surface area is 172 Å². The quantitative estimate of drug-likeness (QED) is 0.631. The van der Waals surface area contributed by atoms with E-state index < -0.39 is 0 Å². The first-order valence-electron chi connectivity index (χ1n) is 9.04. The highest BCUT2D eigenvalue weighted by atomic mass is 32.2. The van der Waals surface area contributed by atoms with Crippen LogP contribution >= 0.6 is 35.7 Å². The largest absolute Gasteiger partial charge is 0.484 e. The molecule has 0 bridgehead atoms. The predicted molar refractivity (Wildman–Crippen MR) is 114 cm³/mol. The molecule has 9 heteroatoms. The van der Waals surface area contributed by atoms with Crippen molar-refractivity contribution in [1.82, 2.24) is 20.1 Å². The van der Waals surface area contributed by atoms with Crippen LogP contribution in [0.2, 0.25) is 0 Å². The smallest absolute Gasteiger partial charge is 0.257 e. The monoisotopic (exact) mass is 424 g/mol. The van der Waals surface area contributed by atoms with E-state index in [0.717, 1.165) is 12.4 Å². The number of thioether (sulfide) groups is 2. The van der Waals surface area contributed by atoms with E-state index in [0.29, 0.717) is 28.1 Å². The zero-order valence-corrected chi connectivity index (χ0v) is 17.7. The van der Waals surface area contributed by atoms with Crippen molar-refractivity contribution in [3.8, 4) is 5.75 Å². The average Bonchev–Trinajstić information content (AvgIpc) is 3.07. The molecule has 0 aliphatic carbocycles. The van der Waals surface area contributed by atoms with Gasteiger partial charge in [0.15, 0.2) is 11.4 Å². The number of carbonyl (C=O) groups excluding carboxylic acids is 1. The standard InChI is InChI=1S/C18H24N4O2S3/c1-2-22-15(20-21-18(22)25)8-9-19-16(23)12-24-14-6-4-13(5-7-14)17-26-10-3-11-27-17/h4-7,17H,2-3,8-12H2,1H3,(H,19,23)(H,21,25). The number of aromatic nitrogens is 3.